The quantitative estimate of drug-likeness (QED) is 0.707. The zero-order valence-corrected chi connectivity index (χ0v) is 12.4. The van der Waals surface area contributed by atoms with Crippen LogP contribution in [0.2, 0.25) is 0 Å². The highest BCUT2D eigenvalue weighted by Gasteiger charge is 2.19. The maximum Gasteiger partial charge on any atom is 0.326 e. The van der Waals surface area contributed by atoms with Crippen molar-refractivity contribution in [1.29, 1.82) is 0 Å². The molecule has 1 heterocycles. The first kappa shape index (κ1) is 16.3. The number of amides is 2. The zero-order valence-electron chi connectivity index (χ0n) is 11.5. The minimum Gasteiger partial charge on any atom is -0.480 e. The van der Waals surface area contributed by atoms with Crippen LogP contribution in [0.4, 0.5) is 4.79 Å². The first-order valence-electron chi connectivity index (χ1n) is 6.20. The molecule has 6 nitrogen and oxygen atoms in total. The van der Waals surface area contributed by atoms with E-state index in [1.54, 1.807) is 24.2 Å². The van der Waals surface area contributed by atoms with Crippen LogP contribution in [-0.4, -0.2) is 40.1 Å². The molecule has 110 valence electrons. The largest absolute Gasteiger partial charge is 0.480 e. The number of carbonyl (C=O) groups is 2. The molecule has 0 saturated carbocycles. The molecule has 0 aliphatic heterocycles. The van der Waals surface area contributed by atoms with Crippen molar-refractivity contribution < 1.29 is 14.7 Å². The Hall–Kier alpha value is -1.76. The van der Waals surface area contributed by atoms with Crippen LogP contribution in [0.15, 0.2) is 18.5 Å². The summed E-state index contributed by atoms with van der Waals surface area (Å²) in [4.78, 5) is 26.7. The van der Waals surface area contributed by atoms with Gasteiger partial charge in [0.15, 0.2) is 0 Å². The predicted molar refractivity (Wildman–Crippen MR) is 78.8 cm³/mol. The van der Waals surface area contributed by atoms with Gasteiger partial charge in [0.25, 0.3) is 0 Å². The van der Waals surface area contributed by atoms with Gasteiger partial charge in [-0.3, -0.25) is 4.98 Å². The molecule has 0 aromatic carbocycles. The third kappa shape index (κ3) is 5.48. The van der Waals surface area contributed by atoms with Crippen molar-refractivity contribution in [3.05, 3.63) is 29.6 Å². The summed E-state index contributed by atoms with van der Waals surface area (Å²) >= 11 is 1.54. The highest BCUT2D eigenvalue weighted by atomic mass is 32.2. The molecule has 0 bridgehead atoms. The van der Waals surface area contributed by atoms with E-state index in [2.05, 4.69) is 15.6 Å². The van der Waals surface area contributed by atoms with Gasteiger partial charge in [0.2, 0.25) is 0 Å². The summed E-state index contributed by atoms with van der Waals surface area (Å²) in [5.41, 5.74) is 1.93. The number of hydrogen-bond donors (Lipinski definition) is 3. The molecule has 0 radical (unpaired) electrons. The smallest absolute Gasteiger partial charge is 0.326 e. The number of carboxylic acids is 1. The Balaban J connectivity index is 2.46. The van der Waals surface area contributed by atoms with Crippen LogP contribution in [0.5, 0.6) is 0 Å². The average Bonchev–Trinajstić information content (AvgIpc) is 2.42. The first-order valence-corrected chi connectivity index (χ1v) is 7.59. The summed E-state index contributed by atoms with van der Waals surface area (Å²) in [6.45, 7) is 2.25. The summed E-state index contributed by atoms with van der Waals surface area (Å²) in [5.74, 6) is -0.342. The number of carbonyl (C=O) groups excluding carboxylic acids is 1. The lowest BCUT2D eigenvalue weighted by Crippen LogP contribution is -2.46. The monoisotopic (exact) mass is 297 g/mol. The highest BCUT2D eigenvalue weighted by Crippen LogP contribution is 2.04. The minimum atomic E-state index is -1.02. The highest BCUT2D eigenvalue weighted by molar-refractivity contribution is 7.98. The number of nitrogens with zero attached hydrogens (tertiary/aromatic N) is 1. The second kappa shape index (κ2) is 8.42. The Morgan fingerprint density at radius 1 is 1.50 bits per heavy atom. The van der Waals surface area contributed by atoms with E-state index >= 15 is 0 Å². The van der Waals surface area contributed by atoms with E-state index in [4.69, 9.17) is 5.11 Å². The molecule has 0 saturated heterocycles. The second-order valence-corrected chi connectivity index (χ2v) is 5.29. The molecule has 7 heteroatoms. The fourth-order valence-corrected chi connectivity index (χ4v) is 2.03. The minimum absolute atomic E-state index is 0.320. The van der Waals surface area contributed by atoms with Crippen molar-refractivity contribution in [1.82, 2.24) is 15.6 Å². The molecular formula is C13H19N3O3S. The van der Waals surface area contributed by atoms with Crippen LogP contribution in [0, 0.1) is 6.92 Å². The third-order valence-corrected chi connectivity index (χ3v) is 3.44. The average molecular weight is 297 g/mol. The molecule has 2 amide bonds. The maximum atomic E-state index is 11.7. The molecule has 1 atom stereocenters. The molecule has 0 aliphatic carbocycles. The van der Waals surface area contributed by atoms with Gasteiger partial charge in [0.05, 0.1) is 0 Å². The normalized spacial score (nSPS) is 11.7. The number of pyridine rings is 1. The molecule has 0 unspecified atom stereocenters. The molecule has 1 aromatic rings. The van der Waals surface area contributed by atoms with Gasteiger partial charge >= 0.3 is 12.0 Å². The summed E-state index contributed by atoms with van der Waals surface area (Å²) in [5, 5.41) is 14.1. The number of aryl methyl sites for hydroxylation is 1. The van der Waals surface area contributed by atoms with Gasteiger partial charge in [-0.1, -0.05) is 0 Å². The van der Waals surface area contributed by atoms with Gasteiger partial charge in [-0.15, -0.1) is 0 Å². The van der Waals surface area contributed by atoms with E-state index in [-0.39, 0.29) is 0 Å². The summed E-state index contributed by atoms with van der Waals surface area (Å²) in [7, 11) is 0. The lowest BCUT2D eigenvalue weighted by Gasteiger charge is -2.15. The third-order valence-electron chi connectivity index (χ3n) is 2.80. The number of aliphatic carboxylic acids is 1. The Labute approximate surface area is 122 Å². The molecule has 3 N–H and O–H groups in total. The van der Waals surface area contributed by atoms with Crippen molar-refractivity contribution in [3.63, 3.8) is 0 Å². The fourth-order valence-electron chi connectivity index (χ4n) is 1.56. The lowest BCUT2D eigenvalue weighted by atomic mass is 10.1. The lowest BCUT2D eigenvalue weighted by molar-refractivity contribution is -0.139. The fraction of sp³-hybridized carbons (Fsp3) is 0.462. The molecule has 0 fully saturated rings. The maximum absolute atomic E-state index is 11.7. The molecule has 1 rings (SSSR count). The first-order chi connectivity index (χ1) is 9.54. The van der Waals surface area contributed by atoms with Gasteiger partial charge in [0.1, 0.15) is 6.04 Å². The topological polar surface area (TPSA) is 91.3 Å². The predicted octanol–water partition coefficient (Wildman–Crippen LogP) is 1.40. The Bertz CT molecular complexity index is 468. The van der Waals surface area contributed by atoms with Crippen molar-refractivity contribution in [3.8, 4) is 0 Å². The Morgan fingerprint density at radius 2 is 2.25 bits per heavy atom. The number of thioether (sulfide) groups is 1. The van der Waals surface area contributed by atoms with E-state index in [9.17, 15) is 9.59 Å². The molecule has 1 aromatic heterocycles. The van der Waals surface area contributed by atoms with Gasteiger partial charge in [-0.05, 0) is 42.5 Å². The number of hydrogen-bond acceptors (Lipinski definition) is 4. The molecular weight excluding hydrogens is 278 g/mol. The standard InChI is InChI=1S/C13H19N3O3S/c1-9-3-5-14-7-10(9)8-15-13(19)16-11(12(17)18)4-6-20-2/h3,5,7,11H,4,6,8H2,1-2H3,(H,17,18)(H2,15,16,19)/t11-/m0/s1. The van der Waals surface area contributed by atoms with E-state index in [0.717, 1.165) is 11.1 Å². The van der Waals surface area contributed by atoms with Crippen LogP contribution in [0.3, 0.4) is 0 Å². The number of nitrogens with one attached hydrogen (secondary N) is 2. The summed E-state index contributed by atoms with van der Waals surface area (Å²) in [6, 6.07) is 0.507. The number of carboxylic acid groups (broad SMARTS) is 1. The van der Waals surface area contributed by atoms with Crippen LogP contribution in [0.1, 0.15) is 17.5 Å². The van der Waals surface area contributed by atoms with E-state index in [1.807, 2.05) is 19.2 Å². The summed E-state index contributed by atoms with van der Waals surface area (Å²) < 4.78 is 0. The van der Waals surface area contributed by atoms with Crippen molar-refractivity contribution >= 4 is 23.8 Å². The van der Waals surface area contributed by atoms with Crippen LogP contribution in [0.25, 0.3) is 0 Å². The summed E-state index contributed by atoms with van der Waals surface area (Å²) in [6.07, 6.45) is 5.65. The van der Waals surface area contributed by atoms with Crippen LogP contribution >= 0.6 is 11.8 Å². The van der Waals surface area contributed by atoms with E-state index < -0.39 is 18.0 Å². The number of rotatable bonds is 7. The Kier molecular flexibility index (Phi) is 6.86. The number of aromatic nitrogens is 1. The molecule has 20 heavy (non-hydrogen) atoms. The van der Waals surface area contributed by atoms with E-state index in [0.29, 0.717) is 18.7 Å². The van der Waals surface area contributed by atoms with Crippen molar-refractivity contribution in [2.24, 2.45) is 0 Å². The van der Waals surface area contributed by atoms with Gasteiger partial charge in [-0.25, -0.2) is 9.59 Å². The SMILES string of the molecule is CSCC[C@H](NC(=O)NCc1cnccc1C)C(=O)O. The van der Waals surface area contributed by atoms with Gasteiger partial charge in [0, 0.05) is 18.9 Å². The van der Waals surface area contributed by atoms with Gasteiger partial charge < -0.3 is 15.7 Å². The van der Waals surface area contributed by atoms with E-state index in [1.165, 1.54) is 0 Å². The second-order valence-electron chi connectivity index (χ2n) is 4.30. The molecule has 0 spiro atoms. The van der Waals surface area contributed by atoms with Gasteiger partial charge in [-0.2, -0.15) is 11.8 Å². The number of urea groups is 1. The molecule has 0 aliphatic rings. The van der Waals surface area contributed by atoms with Crippen LogP contribution in [-0.2, 0) is 11.3 Å². The van der Waals surface area contributed by atoms with Crippen molar-refractivity contribution in [2.45, 2.75) is 25.9 Å². The zero-order chi connectivity index (χ0) is 15.0. The van der Waals surface area contributed by atoms with Crippen LogP contribution < -0.4 is 10.6 Å². The van der Waals surface area contributed by atoms with Crippen molar-refractivity contribution in [2.75, 3.05) is 12.0 Å². The Morgan fingerprint density at radius 3 is 2.85 bits per heavy atom.